The fourth-order valence-corrected chi connectivity index (χ4v) is 2.51. The molecule has 0 aliphatic rings. The summed E-state index contributed by atoms with van der Waals surface area (Å²) in [5.74, 6) is 0.883. The third-order valence-electron chi connectivity index (χ3n) is 4.11. The number of carbonyl (C=O) groups is 1. The first kappa shape index (κ1) is 19.1. The molecule has 0 aliphatic carbocycles. The second kappa shape index (κ2) is 7.92. The molecule has 0 radical (unpaired) electrons. The molecule has 3 aromatic rings. The number of nitrogens with one attached hydrogen (secondary N) is 2. The predicted octanol–water partition coefficient (Wildman–Crippen LogP) is 3.66. The number of carbonyl (C=O) groups excluding carboxylic acids is 1. The van der Waals surface area contributed by atoms with Crippen molar-refractivity contribution in [3.63, 3.8) is 0 Å². The van der Waals surface area contributed by atoms with E-state index < -0.39 is 0 Å². The Hall–Kier alpha value is -3.66. The lowest BCUT2D eigenvalue weighted by atomic mass is 9.87. The lowest BCUT2D eigenvalue weighted by Crippen LogP contribution is -2.20. The molecule has 3 rings (SSSR count). The Bertz CT molecular complexity index is 993. The summed E-state index contributed by atoms with van der Waals surface area (Å²) >= 11 is 0. The first-order valence-electron chi connectivity index (χ1n) is 8.81. The molecule has 1 amide bonds. The van der Waals surface area contributed by atoms with E-state index in [0.717, 1.165) is 5.56 Å². The van der Waals surface area contributed by atoms with E-state index >= 15 is 0 Å². The Labute approximate surface area is 163 Å². The quantitative estimate of drug-likeness (QED) is 0.708. The molecule has 7 nitrogen and oxygen atoms in total. The number of H-pyrrole nitrogens is 1. The molecule has 7 heteroatoms. The molecule has 0 spiro atoms. The summed E-state index contributed by atoms with van der Waals surface area (Å²) in [7, 11) is 0. The molecule has 0 fully saturated rings. The first-order valence-corrected chi connectivity index (χ1v) is 8.81. The number of hydrogen-bond acceptors (Lipinski definition) is 5. The standard InChI is InChI=1S/C21H21N5O2/c1-21(2,3)16-8-6-15(7-9-16)19-24-20(26-25-19)23-18(27)13-28-17-10-4-14(12-22)5-11-17/h4-11H,13H2,1-3H3,(H2,23,24,25,26,27). The van der Waals surface area contributed by atoms with Crippen LogP contribution >= 0.6 is 0 Å². The number of nitriles is 1. The van der Waals surface area contributed by atoms with Crippen LogP contribution in [-0.2, 0) is 10.2 Å². The Morgan fingerprint density at radius 3 is 2.43 bits per heavy atom. The lowest BCUT2D eigenvalue weighted by molar-refractivity contribution is -0.118. The molecule has 0 aliphatic heterocycles. The maximum atomic E-state index is 12.0. The van der Waals surface area contributed by atoms with E-state index in [4.69, 9.17) is 10.00 Å². The number of amides is 1. The zero-order valence-corrected chi connectivity index (χ0v) is 16.0. The number of nitrogens with zero attached hydrogens (tertiary/aromatic N) is 3. The zero-order valence-electron chi connectivity index (χ0n) is 16.0. The fraction of sp³-hybridized carbons (Fsp3) is 0.238. The van der Waals surface area contributed by atoms with Crippen molar-refractivity contribution in [2.75, 3.05) is 11.9 Å². The molecule has 1 heterocycles. The Morgan fingerprint density at radius 1 is 1.14 bits per heavy atom. The van der Waals surface area contributed by atoms with Gasteiger partial charge in [-0.15, -0.1) is 5.10 Å². The van der Waals surface area contributed by atoms with Gasteiger partial charge >= 0.3 is 0 Å². The molecule has 2 aromatic carbocycles. The van der Waals surface area contributed by atoms with E-state index in [1.807, 2.05) is 18.2 Å². The normalized spacial score (nSPS) is 10.9. The van der Waals surface area contributed by atoms with Gasteiger partial charge in [0.2, 0.25) is 5.95 Å². The van der Waals surface area contributed by atoms with Gasteiger partial charge in [-0.05, 0) is 35.2 Å². The molecule has 0 bridgehead atoms. The van der Waals surface area contributed by atoms with E-state index in [-0.39, 0.29) is 23.9 Å². The molecular weight excluding hydrogens is 354 g/mol. The van der Waals surface area contributed by atoms with Crippen molar-refractivity contribution in [2.24, 2.45) is 0 Å². The summed E-state index contributed by atoms with van der Waals surface area (Å²) in [6, 6.07) is 16.6. The molecule has 0 atom stereocenters. The van der Waals surface area contributed by atoms with E-state index in [1.165, 1.54) is 5.56 Å². The largest absolute Gasteiger partial charge is 0.484 e. The molecule has 28 heavy (non-hydrogen) atoms. The van der Waals surface area contributed by atoms with Gasteiger partial charge in [-0.25, -0.2) is 0 Å². The number of aromatic amines is 1. The molecule has 1 aromatic heterocycles. The van der Waals surface area contributed by atoms with Crippen LogP contribution in [0.4, 0.5) is 5.95 Å². The van der Waals surface area contributed by atoms with Crippen LogP contribution in [0.2, 0.25) is 0 Å². The summed E-state index contributed by atoms with van der Waals surface area (Å²) < 4.78 is 5.39. The van der Waals surface area contributed by atoms with Crippen LogP contribution in [0, 0.1) is 11.3 Å². The number of hydrogen-bond donors (Lipinski definition) is 2. The second-order valence-corrected chi connectivity index (χ2v) is 7.31. The summed E-state index contributed by atoms with van der Waals surface area (Å²) in [5.41, 5.74) is 2.72. The Balaban J connectivity index is 1.57. The van der Waals surface area contributed by atoms with Crippen molar-refractivity contribution < 1.29 is 9.53 Å². The maximum absolute atomic E-state index is 12.0. The number of rotatable bonds is 5. The predicted molar refractivity (Wildman–Crippen MR) is 106 cm³/mol. The molecule has 0 saturated heterocycles. The first-order chi connectivity index (χ1) is 13.3. The maximum Gasteiger partial charge on any atom is 0.264 e. The monoisotopic (exact) mass is 375 g/mol. The van der Waals surface area contributed by atoms with Crippen LogP contribution in [0.25, 0.3) is 11.4 Å². The molecule has 2 N–H and O–H groups in total. The molecular formula is C21H21N5O2. The van der Waals surface area contributed by atoms with Crippen molar-refractivity contribution in [1.82, 2.24) is 15.2 Å². The molecule has 142 valence electrons. The minimum absolute atomic E-state index is 0.0774. The van der Waals surface area contributed by atoms with Gasteiger partial charge in [0.25, 0.3) is 5.91 Å². The van der Waals surface area contributed by atoms with Crippen LogP contribution < -0.4 is 10.1 Å². The van der Waals surface area contributed by atoms with E-state index in [9.17, 15) is 4.79 Å². The highest BCUT2D eigenvalue weighted by Gasteiger charge is 2.14. The number of ether oxygens (including phenoxy) is 1. The summed E-state index contributed by atoms with van der Waals surface area (Å²) in [5, 5.41) is 18.2. The topological polar surface area (TPSA) is 104 Å². The zero-order chi connectivity index (χ0) is 20.1. The van der Waals surface area contributed by atoms with Crippen molar-refractivity contribution in [3.05, 3.63) is 59.7 Å². The van der Waals surface area contributed by atoms with E-state index in [0.29, 0.717) is 17.1 Å². The van der Waals surface area contributed by atoms with Gasteiger partial charge in [-0.3, -0.25) is 15.2 Å². The van der Waals surface area contributed by atoms with Crippen LogP contribution in [0.5, 0.6) is 5.75 Å². The highest BCUT2D eigenvalue weighted by atomic mass is 16.5. The third-order valence-corrected chi connectivity index (χ3v) is 4.11. The van der Waals surface area contributed by atoms with Gasteiger partial charge in [0.1, 0.15) is 5.75 Å². The van der Waals surface area contributed by atoms with Crippen molar-refractivity contribution in [2.45, 2.75) is 26.2 Å². The minimum atomic E-state index is -0.377. The van der Waals surface area contributed by atoms with Gasteiger partial charge in [0.15, 0.2) is 12.4 Å². The number of benzene rings is 2. The van der Waals surface area contributed by atoms with Gasteiger partial charge < -0.3 is 4.74 Å². The lowest BCUT2D eigenvalue weighted by Gasteiger charge is -2.18. The van der Waals surface area contributed by atoms with Gasteiger partial charge in [-0.1, -0.05) is 45.0 Å². The van der Waals surface area contributed by atoms with Gasteiger partial charge in [0.05, 0.1) is 11.6 Å². The van der Waals surface area contributed by atoms with E-state index in [2.05, 4.69) is 53.4 Å². The summed E-state index contributed by atoms with van der Waals surface area (Å²) in [6.45, 7) is 6.29. The van der Waals surface area contributed by atoms with Crippen molar-refractivity contribution >= 4 is 11.9 Å². The third kappa shape index (κ3) is 4.74. The Kier molecular flexibility index (Phi) is 5.41. The fourth-order valence-electron chi connectivity index (χ4n) is 2.51. The second-order valence-electron chi connectivity index (χ2n) is 7.31. The highest BCUT2D eigenvalue weighted by Crippen LogP contribution is 2.25. The van der Waals surface area contributed by atoms with Crippen molar-refractivity contribution in [1.29, 1.82) is 5.26 Å². The average molecular weight is 375 g/mol. The molecule has 0 saturated carbocycles. The SMILES string of the molecule is CC(C)(C)c1ccc(-c2nc(NC(=O)COc3ccc(C#N)cc3)n[nH]2)cc1. The van der Waals surface area contributed by atoms with Crippen molar-refractivity contribution in [3.8, 4) is 23.2 Å². The summed E-state index contributed by atoms with van der Waals surface area (Å²) in [4.78, 5) is 16.3. The van der Waals surface area contributed by atoms with Crippen LogP contribution in [-0.4, -0.2) is 27.7 Å². The summed E-state index contributed by atoms with van der Waals surface area (Å²) in [6.07, 6.45) is 0. The Morgan fingerprint density at radius 2 is 1.82 bits per heavy atom. The van der Waals surface area contributed by atoms with E-state index in [1.54, 1.807) is 24.3 Å². The highest BCUT2D eigenvalue weighted by molar-refractivity contribution is 5.90. The van der Waals surface area contributed by atoms with Gasteiger partial charge in [-0.2, -0.15) is 10.2 Å². The smallest absolute Gasteiger partial charge is 0.264 e. The number of anilines is 1. The number of aromatic nitrogens is 3. The van der Waals surface area contributed by atoms with Crippen LogP contribution in [0.15, 0.2) is 48.5 Å². The van der Waals surface area contributed by atoms with Gasteiger partial charge in [0, 0.05) is 5.56 Å². The van der Waals surface area contributed by atoms with Crippen LogP contribution in [0.1, 0.15) is 31.9 Å². The van der Waals surface area contributed by atoms with Crippen LogP contribution in [0.3, 0.4) is 0 Å². The minimum Gasteiger partial charge on any atom is -0.484 e. The molecule has 0 unspecified atom stereocenters. The average Bonchev–Trinajstić information content (AvgIpc) is 3.14.